The summed E-state index contributed by atoms with van der Waals surface area (Å²) in [5.41, 5.74) is 0. The fourth-order valence-corrected chi connectivity index (χ4v) is 0. The van der Waals surface area contributed by atoms with Crippen LogP contribution in [0.5, 0.6) is 0 Å². The van der Waals surface area contributed by atoms with Gasteiger partial charge in [-0.2, -0.15) is 0 Å². The van der Waals surface area contributed by atoms with Crippen LogP contribution in [0.2, 0.25) is 0 Å². The zero-order valence-corrected chi connectivity index (χ0v) is 4.55. The molecule has 0 aliphatic carbocycles. The third-order valence-electron chi connectivity index (χ3n) is 0. The minimum atomic E-state index is 0. The molecular formula is Cu3O2. The van der Waals surface area contributed by atoms with Gasteiger partial charge >= 0.3 is 51.2 Å². The van der Waals surface area contributed by atoms with Crippen molar-refractivity contribution in [3.8, 4) is 0 Å². The molecule has 0 bridgehead atoms. The van der Waals surface area contributed by atoms with Gasteiger partial charge in [0.1, 0.15) is 0 Å². The van der Waals surface area contributed by atoms with Crippen LogP contribution in [0.15, 0.2) is 0 Å². The normalized spacial score (nSPS) is 0. The predicted octanol–water partition coefficient (Wildman–Crippen LogP) is -0.245. The number of hydrogen-bond acceptors (Lipinski definition) is 0. The Hall–Kier alpha value is 1.48. The second-order valence-corrected chi connectivity index (χ2v) is 0. The van der Waals surface area contributed by atoms with Gasteiger partial charge < -0.3 is 11.0 Å². The predicted molar refractivity (Wildman–Crippen MR) is 1.37 cm³/mol. The fourth-order valence-electron chi connectivity index (χ4n) is 0. The summed E-state index contributed by atoms with van der Waals surface area (Å²) in [6.45, 7) is 0. The summed E-state index contributed by atoms with van der Waals surface area (Å²) in [5.74, 6) is 0. The van der Waals surface area contributed by atoms with Crippen LogP contribution in [0.3, 0.4) is 0 Å². The first-order valence-electron chi connectivity index (χ1n) is 0. The van der Waals surface area contributed by atoms with Crippen LogP contribution < -0.4 is 0 Å². The summed E-state index contributed by atoms with van der Waals surface area (Å²) in [4.78, 5) is 0. The van der Waals surface area contributed by atoms with E-state index in [2.05, 4.69) is 0 Å². The molecule has 0 aromatic rings. The van der Waals surface area contributed by atoms with Crippen molar-refractivity contribution in [2.75, 3.05) is 0 Å². The van der Waals surface area contributed by atoms with Crippen LogP contribution in [0.4, 0.5) is 0 Å². The van der Waals surface area contributed by atoms with Gasteiger partial charge in [0.25, 0.3) is 0 Å². The Morgan fingerprint density at radius 2 is 0.600 bits per heavy atom. The zero-order chi connectivity index (χ0) is 0. The van der Waals surface area contributed by atoms with E-state index < -0.39 is 0 Å². The molecule has 0 aliphatic rings. The van der Waals surface area contributed by atoms with Crippen molar-refractivity contribution < 1.29 is 62.2 Å². The van der Waals surface area contributed by atoms with Gasteiger partial charge in [-0.1, -0.05) is 0 Å². The molecular weight excluding hydrogens is 223 g/mol. The molecule has 0 saturated heterocycles. The van der Waals surface area contributed by atoms with E-state index >= 15 is 0 Å². The molecule has 0 spiro atoms. The Morgan fingerprint density at radius 1 is 0.600 bits per heavy atom. The second kappa shape index (κ2) is 50.3. The van der Waals surface area contributed by atoms with Gasteiger partial charge in [-0.3, -0.25) is 0 Å². The summed E-state index contributed by atoms with van der Waals surface area (Å²) < 4.78 is 0. The van der Waals surface area contributed by atoms with Crippen LogP contribution in [0.25, 0.3) is 0 Å². The van der Waals surface area contributed by atoms with E-state index in [4.69, 9.17) is 0 Å². The van der Waals surface area contributed by atoms with Crippen LogP contribution in [-0.4, -0.2) is 0 Å². The van der Waals surface area contributed by atoms with Gasteiger partial charge in [-0.05, 0) is 0 Å². The van der Waals surface area contributed by atoms with Gasteiger partial charge in [-0.15, -0.1) is 0 Å². The van der Waals surface area contributed by atoms with Crippen LogP contribution in [-0.2, 0) is 62.2 Å². The zero-order valence-electron chi connectivity index (χ0n) is 1.72. The number of hydrogen-bond donors (Lipinski definition) is 0. The minimum absolute atomic E-state index is 0. The summed E-state index contributed by atoms with van der Waals surface area (Å²) in [6, 6.07) is 0. The molecule has 45 valence electrons. The molecule has 0 unspecified atom stereocenters. The maximum absolute atomic E-state index is 0. The Kier molecular flexibility index (Phi) is 894. The molecule has 0 aliphatic heterocycles. The quantitative estimate of drug-likeness (QED) is 0.508. The third-order valence-corrected chi connectivity index (χ3v) is 0. The summed E-state index contributed by atoms with van der Waals surface area (Å²) in [6.07, 6.45) is 0. The maximum atomic E-state index is 0. The molecule has 0 heterocycles. The van der Waals surface area contributed by atoms with Crippen molar-refractivity contribution in [3.63, 3.8) is 0 Å². The maximum Gasteiger partial charge on any atom is 2.00 e. The van der Waals surface area contributed by atoms with E-state index in [0.717, 1.165) is 0 Å². The first-order valence-corrected chi connectivity index (χ1v) is 0. The SMILES string of the molecule is [Cu+2].[Cu+].[Cu+].[O-2].[O-2]. The Bertz CT molecular complexity index is 4.85. The Morgan fingerprint density at radius 3 is 0.600 bits per heavy atom. The fraction of sp³-hybridized carbons (Fsp3) is 0. The molecule has 0 aromatic heterocycles. The molecule has 0 rings (SSSR count). The molecule has 0 N–H and O–H groups in total. The Labute approximate surface area is 62.1 Å². The van der Waals surface area contributed by atoms with E-state index in [-0.39, 0.29) is 62.2 Å². The largest absolute Gasteiger partial charge is 2.00 e. The average Bonchev–Trinajstić information content (AvgIpc) is 0. The summed E-state index contributed by atoms with van der Waals surface area (Å²) in [5, 5.41) is 0. The van der Waals surface area contributed by atoms with Gasteiger partial charge in [-0.25, -0.2) is 0 Å². The second-order valence-electron chi connectivity index (χ2n) is 0. The van der Waals surface area contributed by atoms with Gasteiger partial charge in [0.05, 0.1) is 0 Å². The third kappa shape index (κ3) is 30.3. The molecule has 5 heavy (non-hydrogen) atoms. The van der Waals surface area contributed by atoms with Gasteiger partial charge in [0.2, 0.25) is 0 Å². The molecule has 0 saturated carbocycles. The molecule has 5 heteroatoms. The summed E-state index contributed by atoms with van der Waals surface area (Å²) in [7, 11) is 0. The minimum Gasteiger partial charge on any atom is -2.00 e. The van der Waals surface area contributed by atoms with Crippen molar-refractivity contribution >= 4 is 0 Å². The van der Waals surface area contributed by atoms with E-state index in [1.165, 1.54) is 0 Å². The molecule has 1 radical (unpaired) electrons. The molecule has 0 fully saturated rings. The van der Waals surface area contributed by atoms with Crippen LogP contribution in [0.1, 0.15) is 0 Å². The smallest absolute Gasteiger partial charge is 2.00 e. The molecule has 0 amide bonds. The van der Waals surface area contributed by atoms with E-state index in [1.54, 1.807) is 0 Å². The van der Waals surface area contributed by atoms with Crippen LogP contribution in [0, 0.1) is 0 Å². The van der Waals surface area contributed by atoms with Crippen molar-refractivity contribution in [2.24, 2.45) is 0 Å². The van der Waals surface area contributed by atoms with Gasteiger partial charge in [0.15, 0.2) is 0 Å². The first kappa shape index (κ1) is 89.0. The summed E-state index contributed by atoms with van der Waals surface area (Å²) >= 11 is 0. The van der Waals surface area contributed by atoms with Crippen molar-refractivity contribution in [1.29, 1.82) is 0 Å². The molecule has 0 aromatic carbocycles. The Balaban J connectivity index is 0. The monoisotopic (exact) mass is 221 g/mol. The van der Waals surface area contributed by atoms with Crippen molar-refractivity contribution in [3.05, 3.63) is 0 Å². The number of rotatable bonds is 0. The van der Waals surface area contributed by atoms with E-state index in [1.807, 2.05) is 0 Å². The average molecular weight is 223 g/mol. The van der Waals surface area contributed by atoms with Crippen molar-refractivity contribution in [1.82, 2.24) is 0 Å². The first-order chi connectivity index (χ1) is 0. The van der Waals surface area contributed by atoms with Crippen molar-refractivity contribution in [2.45, 2.75) is 0 Å². The van der Waals surface area contributed by atoms with Crippen LogP contribution >= 0.6 is 0 Å². The molecule has 0 atom stereocenters. The van der Waals surface area contributed by atoms with E-state index in [0.29, 0.717) is 0 Å². The van der Waals surface area contributed by atoms with Gasteiger partial charge in [0, 0.05) is 0 Å². The van der Waals surface area contributed by atoms with E-state index in [9.17, 15) is 0 Å². The molecule has 2 nitrogen and oxygen atoms in total. The topological polar surface area (TPSA) is 57.0 Å². The standard InChI is InChI=1S/3Cu.2O/q2*+1;+2;2*-2.